The molecule has 0 fully saturated rings. The van der Waals surface area contributed by atoms with E-state index in [4.69, 9.17) is 10.8 Å². The Bertz CT molecular complexity index is 446. The lowest BCUT2D eigenvalue weighted by Crippen LogP contribution is -2.40. The van der Waals surface area contributed by atoms with Crippen molar-refractivity contribution >= 4 is 17.6 Å². The normalized spacial score (nSPS) is 13.7. The Hall–Kier alpha value is -1.88. The number of amides is 1. The molecule has 18 heavy (non-hydrogen) atoms. The van der Waals surface area contributed by atoms with Crippen molar-refractivity contribution in [2.24, 2.45) is 11.7 Å². The number of carbonyl (C=O) groups is 2. The molecular formula is C13H18N2O3. The molecule has 1 aromatic carbocycles. The molecule has 1 amide bonds. The second-order valence-corrected chi connectivity index (χ2v) is 4.25. The summed E-state index contributed by atoms with van der Waals surface area (Å²) in [5, 5.41) is 11.6. The number of carbonyl (C=O) groups excluding carboxylic acids is 1. The molecule has 0 saturated heterocycles. The van der Waals surface area contributed by atoms with Gasteiger partial charge in [0.1, 0.15) is 0 Å². The van der Waals surface area contributed by atoms with Crippen LogP contribution in [-0.4, -0.2) is 23.0 Å². The maximum absolute atomic E-state index is 11.9. The zero-order valence-corrected chi connectivity index (χ0v) is 10.5. The minimum Gasteiger partial charge on any atom is -0.478 e. The number of para-hydroxylation sites is 1. The highest BCUT2D eigenvalue weighted by molar-refractivity contribution is 6.02. The monoisotopic (exact) mass is 250 g/mol. The van der Waals surface area contributed by atoms with E-state index in [1.165, 1.54) is 6.07 Å². The van der Waals surface area contributed by atoms with Gasteiger partial charge in [-0.25, -0.2) is 4.79 Å². The lowest BCUT2D eigenvalue weighted by Gasteiger charge is -2.18. The molecule has 1 rings (SSSR count). The van der Waals surface area contributed by atoms with Crippen molar-refractivity contribution in [2.45, 2.75) is 26.3 Å². The van der Waals surface area contributed by atoms with Crippen molar-refractivity contribution in [3.63, 3.8) is 0 Å². The molecule has 5 nitrogen and oxygen atoms in total. The number of nitrogens with one attached hydrogen (secondary N) is 1. The van der Waals surface area contributed by atoms with Gasteiger partial charge in [0.05, 0.1) is 17.3 Å². The first-order valence-electron chi connectivity index (χ1n) is 5.86. The van der Waals surface area contributed by atoms with E-state index >= 15 is 0 Å². The van der Waals surface area contributed by atoms with E-state index in [0.717, 1.165) is 6.42 Å². The van der Waals surface area contributed by atoms with Gasteiger partial charge in [-0.05, 0) is 18.1 Å². The van der Waals surface area contributed by atoms with Crippen LogP contribution in [0.15, 0.2) is 24.3 Å². The summed E-state index contributed by atoms with van der Waals surface area (Å²) < 4.78 is 0. The highest BCUT2D eigenvalue weighted by Crippen LogP contribution is 2.16. The first-order valence-corrected chi connectivity index (χ1v) is 5.86. The first kappa shape index (κ1) is 14.2. The van der Waals surface area contributed by atoms with E-state index in [2.05, 4.69) is 5.32 Å². The lowest BCUT2D eigenvalue weighted by molar-refractivity contribution is -0.118. The van der Waals surface area contributed by atoms with Crippen LogP contribution in [0.4, 0.5) is 5.69 Å². The van der Waals surface area contributed by atoms with Gasteiger partial charge in [-0.15, -0.1) is 0 Å². The van der Waals surface area contributed by atoms with Gasteiger partial charge < -0.3 is 16.2 Å². The fraction of sp³-hybridized carbons (Fsp3) is 0.385. The smallest absolute Gasteiger partial charge is 0.337 e. The maximum Gasteiger partial charge on any atom is 0.337 e. The van der Waals surface area contributed by atoms with E-state index < -0.39 is 12.0 Å². The minimum atomic E-state index is -1.08. The summed E-state index contributed by atoms with van der Waals surface area (Å²) in [5.74, 6) is -1.40. The van der Waals surface area contributed by atoms with Gasteiger partial charge in [-0.3, -0.25) is 4.79 Å². The third-order valence-electron chi connectivity index (χ3n) is 2.98. The first-order chi connectivity index (χ1) is 8.47. The molecule has 2 atom stereocenters. The average molecular weight is 250 g/mol. The van der Waals surface area contributed by atoms with Gasteiger partial charge >= 0.3 is 5.97 Å². The number of aromatic carboxylic acids is 1. The third kappa shape index (κ3) is 3.30. The summed E-state index contributed by atoms with van der Waals surface area (Å²) in [6, 6.07) is 5.61. The number of carboxylic acid groups (broad SMARTS) is 1. The third-order valence-corrected chi connectivity index (χ3v) is 2.98. The number of hydrogen-bond donors (Lipinski definition) is 3. The molecule has 0 radical (unpaired) electrons. The van der Waals surface area contributed by atoms with Crippen LogP contribution in [0.25, 0.3) is 0 Å². The SMILES string of the molecule is CCC(C)[C@H](N)C(=O)Nc1ccccc1C(=O)O. The molecular weight excluding hydrogens is 232 g/mol. The summed E-state index contributed by atoms with van der Waals surface area (Å²) in [6.07, 6.45) is 0.787. The van der Waals surface area contributed by atoms with Gasteiger partial charge in [-0.2, -0.15) is 0 Å². The van der Waals surface area contributed by atoms with Crippen molar-refractivity contribution in [2.75, 3.05) is 5.32 Å². The van der Waals surface area contributed by atoms with Gasteiger partial charge in [-0.1, -0.05) is 32.4 Å². The standard InChI is InChI=1S/C13H18N2O3/c1-3-8(2)11(14)12(16)15-10-7-5-4-6-9(10)13(17)18/h4-8,11H,3,14H2,1-2H3,(H,15,16)(H,17,18)/t8?,11-/m0/s1. The Morgan fingerprint density at radius 3 is 2.56 bits per heavy atom. The van der Waals surface area contributed by atoms with Crippen molar-refractivity contribution in [1.82, 2.24) is 0 Å². The van der Waals surface area contributed by atoms with Crippen LogP contribution >= 0.6 is 0 Å². The number of rotatable bonds is 5. The predicted molar refractivity (Wildman–Crippen MR) is 69.5 cm³/mol. The predicted octanol–water partition coefficient (Wildman–Crippen LogP) is 1.70. The molecule has 1 unspecified atom stereocenters. The second-order valence-electron chi connectivity index (χ2n) is 4.25. The molecule has 0 spiro atoms. The van der Waals surface area contributed by atoms with Crippen LogP contribution in [0.5, 0.6) is 0 Å². The Kier molecular flexibility index (Phi) is 4.85. The van der Waals surface area contributed by atoms with E-state index in [1.807, 2.05) is 13.8 Å². The molecule has 0 heterocycles. The molecule has 1 aromatic rings. The Labute approximate surface area is 106 Å². The van der Waals surface area contributed by atoms with Crippen molar-refractivity contribution in [3.05, 3.63) is 29.8 Å². The molecule has 98 valence electrons. The Morgan fingerprint density at radius 2 is 2.00 bits per heavy atom. The van der Waals surface area contributed by atoms with Crippen LogP contribution < -0.4 is 11.1 Å². The number of hydrogen-bond acceptors (Lipinski definition) is 3. The van der Waals surface area contributed by atoms with E-state index in [0.29, 0.717) is 0 Å². The van der Waals surface area contributed by atoms with Crippen molar-refractivity contribution < 1.29 is 14.7 Å². The number of carboxylic acids is 1. The van der Waals surface area contributed by atoms with Crippen LogP contribution in [-0.2, 0) is 4.79 Å². The number of benzene rings is 1. The second kappa shape index (κ2) is 6.16. The summed E-state index contributed by atoms with van der Waals surface area (Å²) >= 11 is 0. The van der Waals surface area contributed by atoms with Crippen LogP contribution in [0.1, 0.15) is 30.6 Å². The van der Waals surface area contributed by atoms with Gasteiger partial charge in [0.25, 0.3) is 0 Å². The van der Waals surface area contributed by atoms with E-state index in [9.17, 15) is 9.59 Å². The highest BCUT2D eigenvalue weighted by Gasteiger charge is 2.21. The van der Waals surface area contributed by atoms with Crippen LogP contribution in [0.2, 0.25) is 0 Å². The summed E-state index contributed by atoms with van der Waals surface area (Å²) in [7, 11) is 0. The van der Waals surface area contributed by atoms with Crippen molar-refractivity contribution in [3.8, 4) is 0 Å². The molecule has 0 aliphatic rings. The summed E-state index contributed by atoms with van der Waals surface area (Å²) in [6.45, 7) is 3.83. The molecule has 4 N–H and O–H groups in total. The quantitative estimate of drug-likeness (QED) is 0.741. The number of anilines is 1. The summed E-state index contributed by atoms with van der Waals surface area (Å²) in [5.41, 5.74) is 6.12. The fourth-order valence-corrected chi connectivity index (χ4v) is 1.51. The molecule has 0 aliphatic heterocycles. The molecule has 5 heteroatoms. The van der Waals surface area contributed by atoms with Crippen LogP contribution in [0, 0.1) is 5.92 Å². The zero-order chi connectivity index (χ0) is 13.7. The fourth-order valence-electron chi connectivity index (χ4n) is 1.51. The topological polar surface area (TPSA) is 92.4 Å². The zero-order valence-electron chi connectivity index (χ0n) is 10.5. The molecule has 0 bridgehead atoms. The van der Waals surface area contributed by atoms with Gasteiger partial charge in [0, 0.05) is 0 Å². The summed E-state index contributed by atoms with van der Waals surface area (Å²) in [4.78, 5) is 22.8. The highest BCUT2D eigenvalue weighted by atomic mass is 16.4. The molecule has 0 aromatic heterocycles. The molecule has 0 saturated carbocycles. The van der Waals surface area contributed by atoms with Crippen LogP contribution in [0.3, 0.4) is 0 Å². The van der Waals surface area contributed by atoms with Crippen molar-refractivity contribution in [1.29, 1.82) is 0 Å². The largest absolute Gasteiger partial charge is 0.478 e. The molecule has 0 aliphatic carbocycles. The maximum atomic E-state index is 11.9. The van der Waals surface area contributed by atoms with Gasteiger partial charge in [0.15, 0.2) is 0 Å². The number of nitrogens with two attached hydrogens (primary N) is 1. The minimum absolute atomic E-state index is 0.0435. The Balaban J connectivity index is 2.85. The average Bonchev–Trinajstić information content (AvgIpc) is 2.37. The Morgan fingerprint density at radius 1 is 1.39 bits per heavy atom. The lowest BCUT2D eigenvalue weighted by atomic mass is 9.99. The van der Waals surface area contributed by atoms with E-state index in [1.54, 1.807) is 18.2 Å². The van der Waals surface area contributed by atoms with E-state index in [-0.39, 0.29) is 23.1 Å². The van der Waals surface area contributed by atoms with Gasteiger partial charge in [0.2, 0.25) is 5.91 Å².